The summed E-state index contributed by atoms with van der Waals surface area (Å²) >= 11 is 0. The molecule has 2 heteroatoms. The molecule has 124 valence electrons. The molecule has 21 heavy (non-hydrogen) atoms. The Bertz CT molecular complexity index is 372. The van der Waals surface area contributed by atoms with Crippen LogP contribution in [0.25, 0.3) is 0 Å². The lowest BCUT2D eigenvalue weighted by Gasteiger charge is -2.65. The molecule has 1 spiro atoms. The Kier molecular flexibility index (Phi) is 4.08. The molecular formula is C19H36O2. The van der Waals surface area contributed by atoms with Gasteiger partial charge in [-0.2, -0.15) is 0 Å². The monoisotopic (exact) mass is 296 g/mol. The summed E-state index contributed by atoms with van der Waals surface area (Å²) in [4.78, 5) is 0. The number of hydrogen-bond donors (Lipinski definition) is 0. The van der Waals surface area contributed by atoms with Crippen LogP contribution < -0.4 is 0 Å². The van der Waals surface area contributed by atoms with Crippen molar-refractivity contribution in [1.29, 1.82) is 0 Å². The van der Waals surface area contributed by atoms with Crippen molar-refractivity contribution in [3.8, 4) is 0 Å². The third-order valence-electron chi connectivity index (χ3n) is 6.84. The predicted molar refractivity (Wildman–Crippen MR) is 88.2 cm³/mol. The number of rotatable bonds is 1. The van der Waals surface area contributed by atoms with Gasteiger partial charge in [0.2, 0.25) is 0 Å². The summed E-state index contributed by atoms with van der Waals surface area (Å²) in [7, 11) is 0. The minimum absolute atomic E-state index is 0.0343. The fourth-order valence-electron chi connectivity index (χ4n) is 4.36. The molecule has 0 bridgehead atoms. The summed E-state index contributed by atoms with van der Waals surface area (Å²) < 4.78 is 13.6. The van der Waals surface area contributed by atoms with E-state index in [4.69, 9.17) is 9.47 Å². The van der Waals surface area contributed by atoms with Gasteiger partial charge in [0.15, 0.2) is 5.79 Å². The lowest BCUT2D eigenvalue weighted by atomic mass is 9.63. The molecule has 0 amide bonds. The Morgan fingerprint density at radius 3 is 1.76 bits per heavy atom. The van der Waals surface area contributed by atoms with Crippen molar-refractivity contribution in [3.05, 3.63) is 0 Å². The summed E-state index contributed by atoms with van der Waals surface area (Å²) in [5, 5.41) is 0. The van der Waals surface area contributed by atoms with E-state index in [2.05, 4.69) is 62.3 Å². The number of hydrogen-bond acceptors (Lipinski definition) is 2. The second-order valence-electron chi connectivity index (χ2n) is 9.40. The molecule has 0 aromatic heterocycles. The number of ether oxygens (including phenoxy) is 2. The summed E-state index contributed by atoms with van der Waals surface area (Å²) in [5.41, 5.74) is -0.425. The van der Waals surface area contributed by atoms with Crippen LogP contribution in [0.15, 0.2) is 0 Å². The third kappa shape index (κ3) is 2.57. The molecule has 2 nitrogen and oxygen atoms in total. The predicted octanol–water partition coefficient (Wildman–Crippen LogP) is 5.41. The van der Waals surface area contributed by atoms with Crippen LogP contribution in [0.2, 0.25) is 0 Å². The van der Waals surface area contributed by atoms with E-state index in [0.717, 1.165) is 6.42 Å². The first kappa shape index (κ1) is 17.3. The highest BCUT2D eigenvalue weighted by molar-refractivity contribution is 5.07. The molecule has 0 N–H and O–H groups in total. The maximum absolute atomic E-state index is 6.78. The molecule has 1 saturated heterocycles. The van der Waals surface area contributed by atoms with Crippen LogP contribution in [0, 0.1) is 23.2 Å². The SMILES string of the molecule is CC1CC[C@H](C(C)C)C2(C1)OC(C)(C)C(C)(C)C(C)(C)O2. The Morgan fingerprint density at radius 1 is 0.857 bits per heavy atom. The van der Waals surface area contributed by atoms with Crippen molar-refractivity contribution in [3.63, 3.8) is 0 Å². The fraction of sp³-hybridized carbons (Fsp3) is 1.00. The van der Waals surface area contributed by atoms with E-state index in [0.29, 0.717) is 17.8 Å². The molecular weight excluding hydrogens is 260 g/mol. The molecule has 0 radical (unpaired) electrons. The van der Waals surface area contributed by atoms with Crippen molar-refractivity contribution >= 4 is 0 Å². The Balaban J connectivity index is 2.46. The van der Waals surface area contributed by atoms with Gasteiger partial charge in [-0.3, -0.25) is 0 Å². The minimum Gasteiger partial charge on any atom is -0.343 e. The lowest BCUT2D eigenvalue weighted by molar-refractivity contribution is -0.437. The molecule has 1 saturated carbocycles. The third-order valence-corrected chi connectivity index (χ3v) is 6.84. The van der Waals surface area contributed by atoms with Crippen molar-refractivity contribution < 1.29 is 9.47 Å². The Morgan fingerprint density at radius 2 is 1.33 bits per heavy atom. The van der Waals surface area contributed by atoms with Crippen molar-refractivity contribution in [2.45, 2.75) is 98.6 Å². The van der Waals surface area contributed by atoms with Crippen LogP contribution in [0.1, 0.15) is 81.6 Å². The van der Waals surface area contributed by atoms with Gasteiger partial charge in [0.1, 0.15) is 0 Å². The zero-order valence-corrected chi connectivity index (χ0v) is 15.7. The average molecular weight is 296 g/mol. The molecule has 0 aromatic rings. The van der Waals surface area contributed by atoms with Gasteiger partial charge in [-0.15, -0.1) is 0 Å². The maximum Gasteiger partial charge on any atom is 0.173 e. The van der Waals surface area contributed by atoms with Crippen LogP contribution in [0.4, 0.5) is 0 Å². The molecule has 0 aromatic carbocycles. The van der Waals surface area contributed by atoms with Crippen LogP contribution in [0.3, 0.4) is 0 Å². The first-order valence-electron chi connectivity index (χ1n) is 8.75. The summed E-state index contributed by atoms with van der Waals surface area (Å²) in [6, 6.07) is 0. The zero-order chi connectivity index (χ0) is 16.3. The van der Waals surface area contributed by atoms with Gasteiger partial charge >= 0.3 is 0 Å². The van der Waals surface area contributed by atoms with E-state index in [1.165, 1.54) is 12.8 Å². The van der Waals surface area contributed by atoms with Gasteiger partial charge in [0.25, 0.3) is 0 Å². The zero-order valence-electron chi connectivity index (χ0n) is 15.7. The van der Waals surface area contributed by atoms with E-state index in [-0.39, 0.29) is 16.6 Å². The van der Waals surface area contributed by atoms with Gasteiger partial charge in [0.05, 0.1) is 11.2 Å². The molecule has 1 aliphatic heterocycles. The normalized spacial score (nSPS) is 36.9. The summed E-state index contributed by atoms with van der Waals surface area (Å²) in [6.45, 7) is 20.5. The van der Waals surface area contributed by atoms with Crippen LogP contribution in [-0.2, 0) is 9.47 Å². The molecule has 2 aliphatic rings. The second kappa shape index (κ2) is 4.96. The Hall–Kier alpha value is -0.0800. The van der Waals surface area contributed by atoms with E-state index < -0.39 is 5.79 Å². The summed E-state index contributed by atoms with van der Waals surface area (Å²) in [5.74, 6) is 1.34. The van der Waals surface area contributed by atoms with Gasteiger partial charge in [-0.1, -0.05) is 41.0 Å². The van der Waals surface area contributed by atoms with Crippen LogP contribution >= 0.6 is 0 Å². The van der Waals surface area contributed by atoms with Gasteiger partial charge in [0, 0.05) is 17.8 Å². The quantitative estimate of drug-likeness (QED) is 0.644. The molecule has 2 atom stereocenters. The fourth-order valence-corrected chi connectivity index (χ4v) is 4.36. The van der Waals surface area contributed by atoms with Gasteiger partial charge < -0.3 is 9.47 Å². The highest BCUT2D eigenvalue weighted by Crippen LogP contribution is 2.58. The highest BCUT2D eigenvalue weighted by atomic mass is 16.7. The van der Waals surface area contributed by atoms with Crippen molar-refractivity contribution in [2.24, 2.45) is 23.2 Å². The standard InChI is InChI=1S/C19H36O2/c1-13(2)15-11-10-14(3)12-19(15)20-17(6,7)16(4,5)18(8,9)21-19/h13-15H,10-12H2,1-9H3/t14?,15-/m1/s1. The Labute approximate surface area is 132 Å². The lowest BCUT2D eigenvalue weighted by Crippen LogP contribution is -2.70. The molecule has 2 rings (SSSR count). The van der Waals surface area contributed by atoms with E-state index >= 15 is 0 Å². The van der Waals surface area contributed by atoms with E-state index in [1.807, 2.05) is 0 Å². The molecule has 1 aliphatic carbocycles. The van der Waals surface area contributed by atoms with Crippen LogP contribution in [0.5, 0.6) is 0 Å². The van der Waals surface area contributed by atoms with E-state index in [9.17, 15) is 0 Å². The smallest absolute Gasteiger partial charge is 0.173 e. The molecule has 1 unspecified atom stereocenters. The van der Waals surface area contributed by atoms with Crippen molar-refractivity contribution in [2.75, 3.05) is 0 Å². The van der Waals surface area contributed by atoms with Crippen molar-refractivity contribution in [1.82, 2.24) is 0 Å². The first-order valence-corrected chi connectivity index (χ1v) is 8.75. The van der Waals surface area contributed by atoms with E-state index in [1.54, 1.807) is 0 Å². The summed E-state index contributed by atoms with van der Waals surface area (Å²) in [6.07, 6.45) is 3.53. The maximum atomic E-state index is 6.78. The first-order chi connectivity index (χ1) is 9.35. The average Bonchev–Trinajstić information content (AvgIpc) is 2.24. The largest absolute Gasteiger partial charge is 0.343 e. The second-order valence-corrected chi connectivity index (χ2v) is 9.40. The molecule has 2 fully saturated rings. The van der Waals surface area contributed by atoms with Gasteiger partial charge in [-0.25, -0.2) is 0 Å². The topological polar surface area (TPSA) is 18.5 Å². The van der Waals surface area contributed by atoms with Crippen LogP contribution in [-0.4, -0.2) is 17.0 Å². The highest BCUT2D eigenvalue weighted by Gasteiger charge is 2.63. The molecule has 1 heterocycles. The van der Waals surface area contributed by atoms with Gasteiger partial charge in [-0.05, 0) is 46.0 Å². The minimum atomic E-state index is -0.408.